The molecule has 0 fully saturated rings. The van der Waals surface area contributed by atoms with Gasteiger partial charge in [-0.25, -0.2) is 0 Å². The second-order valence-corrected chi connectivity index (χ2v) is 4.30. The van der Waals surface area contributed by atoms with E-state index in [1.54, 1.807) is 4.90 Å². The predicted molar refractivity (Wildman–Crippen MR) is 57.0 cm³/mol. The molecule has 78 valence electrons. The van der Waals surface area contributed by atoms with Crippen LogP contribution in [-0.4, -0.2) is 29.8 Å². The molecule has 0 saturated carbocycles. The minimum Gasteiger partial charge on any atom is -0.343 e. The molecule has 1 atom stereocenters. The highest BCUT2D eigenvalue weighted by molar-refractivity contribution is 6.18. The molecule has 0 aromatic rings. The van der Waals surface area contributed by atoms with Gasteiger partial charge in [0.1, 0.15) is 0 Å². The number of carbonyl (C=O) groups is 1. The predicted octanol–water partition coefficient (Wildman–Crippen LogP) is 2.51. The zero-order valence-corrected chi connectivity index (χ0v) is 9.77. The first-order chi connectivity index (χ1) is 5.99. The Kier molecular flexibility index (Phi) is 6.13. The third-order valence-electron chi connectivity index (χ3n) is 2.18. The molecule has 0 aliphatic carbocycles. The normalized spacial score (nSPS) is 13.1. The van der Waals surface area contributed by atoms with Crippen molar-refractivity contribution in [2.24, 2.45) is 5.92 Å². The minimum atomic E-state index is 0.142. The molecule has 0 heterocycles. The molecule has 1 unspecified atom stereocenters. The van der Waals surface area contributed by atoms with Crippen LogP contribution < -0.4 is 0 Å². The maximum absolute atomic E-state index is 11.4. The Morgan fingerprint density at radius 3 is 2.31 bits per heavy atom. The fourth-order valence-electron chi connectivity index (χ4n) is 1.34. The van der Waals surface area contributed by atoms with Crippen molar-refractivity contribution in [3.8, 4) is 0 Å². The van der Waals surface area contributed by atoms with E-state index in [-0.39, 0.29) is 5.91 Å². The van der Waals surface area contributed by atoms with E-state index in [0.717, 1.165) is 6.42 Å². The quantitative estimate of drug-likeness (QED) is 0.632. The van der Waals surface area contributed by atoms with Gasteiger partial charge in [0.05, 0.1) is 0 Å². The number of nitrogens with zero attached hydrogens (tertiary/aromatic N) is 1. The molecule has 0 aliphatic rings. The van der Waals surface area contributed by atoms with Crippen molar-refractivity contribution < 1.29 is 4.79 Å². The van der Waals surface area contributed by atoms with E-state index in [0.29, 0.717) is 24.3 Å². The highest BCUT2D eigenvalue weighted by Crippen LogP contribution is 2.10. The molecule has 0 aromatic carbocycles. The van der Waals surface area contributed by atoms with E-state index >= 15 is 0 Å². The van der Waals surface area contributed by atoms with Crippen LogP contribution in [0.25, 0.3) is 0 Å². The third kappa shape index (κ3) is 5.14. The van der Waals surface area contributed by atoms with Crippen LogP contribution in [0.15, 0.2) is 0 Å². The summed E-state index contributed by atoms with van der Waals surface area (Å²) in [5.41, 5.74) is 0. The standard InChI is InChI=1S/C10H20ClNO/c1-8(2)7-9(3)12(4)10(13)5-6-11/h8-9H,5-7H2,1-4H3. The van der Waals surface area contributed by atoms with Crippen LogP contribution in [0.5, 0.6) is 0 Å². The molecule has 0 aliphatic heterocycles. The third-order valence-corrected chi connectivity index (χ3v) is 2.36. The minimum absolute atomic E-state index is 0.142. The Bertz CT molecular complexity index is 159. The molecule has 0 aromatic heterocycles. The van der Waals surface area contributed by atoms with Gasteiger partial charge in [-0.3, -0.25) is 4.79 Å². The Balaban J connectivity index is 3.93. The van der Waals surface area contributed by atoms with Crippen LogP contribution in [0, 0.1) is 5.92 Å². The molecule has 0 N–H and O–H groups in total. The first kappa shape index (κ1) is 12.8. The van der Waals surface area contributed by atoms with Crippen LogP contribution in [0.2, 0.25) is 0 Å². The zero-order chi connectivity index (χ0) is 10.4. The van der Waals surface area contributed by atoms with E-state index in [1.807, 2.05) is 7.05 Å². The Morgan fingerprint density at radius 2 is 1.92 bits per heavy atom. The summed E-state index contributed by atoms with van der Waals surface area (Å²) in [6.45, 7) is 6.40. The summed E-state index contributed by atoms with van der Waals surface area (Å²) in [5.74, 6) is 1.18. The molecule has 3 heteroatoms. The van der Waals surface area contributed by atoms with Gasteiger partial charge in [-0.05, 0) is 19.3 Å². The van der Waals surface area contributed by atoms with Gasteiger partial charge in [0, 0.05) is 25.4 Å². The largest absolute Gasteiger partial charge is 0.343 e. The fraction of sp³-hybridized carbons (Fsp3) is 0.900. The van der Waals surface area contributed by atoms with Crippen molar-refractivity contribution in [3.05, 3.63) is 0 Å². The van der Waals surface area contributed by atoms with E-state index in [1.165, 1.54) is 0 Å². The summed E-state index contributed by atoms with van der Waals surface area (Å²) in [7, 11) is 1.85. The van der Waals surface area contributed by atoms with Gasteiger partial charge >= 0.3 is 0 Å². The summed E-state index contributed by atoms with van der Waals surface area (Å²) < 4.78 is 0. The SMILES string of the molecule is CC(C)CC(C)N(C)C(=O)CCCl. The highest BCUT2D eigenvalue weighted by Gasteiger charge is 2.15. The molecule has 13 heavy (non-hydrogen) atoms. The number of carbonyl (C=O) groups excluding carboxylic acids is 1. The van der Waals surface area contributed by atoms with E-state index in [9.17, 15) is 4.79 Å². The van der Waals surface area contributed by atoms with Gasteiger partial charge in [-0.1, -0.05) is 13.8 Å². The lowest BCUT2D eigenvalue weighted by molar-refractivity contribution is -0.131. The molecular formula is C10H20ClNO. The number of alkyl halides is 1. The van der Waals surface area contributed by atoms with E-state index in [4.69, 9.17) is 11.6 Å². The summed E-state index contributed by atoms with van der Waals surface area (Å²) >= 11 is 5.50. The maximum atomic E-state index is 11.4. The molecule has 0 saturated heterocycles. The smallest absolute Gasteiger partial charge is 0.223 e. The average molecular weight is 206 g/mol. The summed E-state index contributed by atoms with van der Waals surface area (Å²) in [6, 6.07) is 0.315. The van der Waals surface area contributed by atoms with Gasteiger partial charge in [-0.15, -0.1) is 11.6 Å². The topological polar surface area (TPSA) is 20.3 Å². The average Bonchev–Trinajstić information content (AvgIpc) is 2.02. The number of halogens is 1. The molecule has 0 bridgehead atoms. The lowest BCUT2D eigenvalue weighted by Gasteiger charge is -2.26. The van der Waals surface area contributed by atoms with Crippen LogP contribution in [-0.2, 0) is 4.79 Å². The zero-order valence-electron chi connectivity index (χ0n) is 9.01. The Labute approximate surface area is 86.2 Å². The number of amides is 1. The lowest BCUT2D eigenvalue weighted by atomic mass is 10.0. The first-order valence-electron chi connectivity index (χ1n) is 4.80. The highest BCUT2D eigenvalue weighted by atomic mass is 35.5. The van der Waals surface area contributed by atoms with Crippen molar-refractivity contribution in [1.29, 1.82) is 0 Å². The maximum Gasteiger partial charge on any atom is 0.223 e. The monoisotopic (exact) mass is 205 g/mol. The fourth-order valence-corrected chi connectivity index (χ4v) is 1.50. The number of hydrogen-bond acceptors (Lipinski definition) is 1. The van der Waals surface area contributed by atoms with E-state index in [2.05, 4.69) is 20.8 Å². The van der Waals surface area contributed by atoms with Gasteiger partial charge in [0.2, 0.25) is 5.91 Å². The number of rotatable bonds is 5. The Morgan fingerprint density at radius 1 is 1.38 bits per heavy atom. The lowest BCUT2D eigenvalue weighted by Crippen LogP contribution is -2.35. The summed E-state index contributed by atoms with van der Waals surface area (Å²) in [4.78, 5) is 13.2. The molecule has 0 spiro atoms. The summed E-state index contributed by atoms with van der Waals surface area (Å²) in [6.07, 6.45) is 1.49. The van der Waals surface area contributed by atoms with Gasteiger partial charge < -0.3 is 4.90 Å². The molecule has 0 radical (unpaired) electrons. The van der Waals surface area contributed by atoms with E-state index < -0.39 is 0 Å². The number of hydrogen-bond donors (Lipinski definition) is 0. The van der Waals surface area contributed by atoms with Crippen molar-refractivity contribution >= 4 is 17.5 Å². The van der Waals surface area contributed by atoms with Crippen molar-refractivity contribution in [1.82, 2.24) is 4.90 Å². The van der Waals surface area contributed by atoms with Gasteiger partial charge in [0.15, 0.2) is 0 Å². The molecular weight excluding hydrogens is 186 g/mol. The summed E-state index contributed by atoms with van der Waals surface area (Å²) in [5, 5.41) is 0. The molecule has 2 nitrogen and oxygen atoms in total. The Hall–Kier alpha value is -0.240. The van der Waals surface area contributed by atoms with Crippen LogP contribution in [0.1, 0.15) is 33.6 Å². The molecule has 1 amide bonds. The first-order valence-corrected chi connectivity index (χ1v) is 5.34. The van der Waals surface area contributed by atoms with Crippen LogP contribution >= 0.6 is 11.6 Å². The van der Waals surface area contributed by atoms with Crippen molar-refractivity contribution in [2.45, 2.75) is 39.7 Å². The van der Waals surface area contributed by atoms with Crippen molar-refractivity contribution in [3.63, 3.8) is 0 Å². The second kappa shape index (κ2) is 6.25. The van der Waals surface area contributed by atoms with Crippen molar-refractivity contribution in [2.75, 3.05) is 12.9 Å². The second-order valence-electron chi connectivity index (χ2n) is 3.92. The van der Waals surface area contributed by atoms with Gasteiger partial charge in [-0.2, -0.15) is 0 Å². The van der Waals surface area contributed by atoms with Crippen LogP contribution in [0.3, 0.4) is 0 Å². The van der Waals surface area contributed by atoms with Crippen LogP contribution in [0.4, 0.5) is 0 Å². The van der Waals surface area contributed by atoms with Gasteiger partial charge in [0.25, 0.3) is 0 Å². The molecule has 0 rings (SSSR count).